The molecule has 2 aromatic carbocycles. The predicted octanol–water partition coefficient (Wildman–Crippen LogP) is 5.69. The quantitative estimate of drug-likeness (QED) is 0.312. The van der Waals surface area contributed by atoms with Gasteiger partial charge in [-0.2, -0.15) is 18.3 Å². The molecule has 0 spiro atoms. The average molecular weight is 564 g/mol. The van der Waals surface area contributed by atoms with Crippen molar-refractivity contribution in [3.63, 3.8) is 0 Å². The molecule has 3 heterocycles. The second-order valence-corrected chi connectivity index (χ2v) is 9.68. The van der Waals surface area contributed by atoms with E-state index in [2.05, 4.69) is 15.0 Å². The maximum absolute atomic E-state index is 13.9. The van der Waals surface area contributed by atoms with E-state index < -0.39 is 17.8 Å². The summed E-state index contributed by atoms with van der Waals surface area (Å²) in [5, 5.41) is 4.97. The van der Waals surface area contributed by atoms with Crippen LogP contribution in [0, 0.1) is 0 Å². The van der Waals surface area contributed by atoms with E-state index in [1.807, 2.05) is 12.1 Å². The smallest absolute Gasteiger partial charge is 0.433 e. The monoisotopic (exact) mass is 563 g/mol. The Morgan fingerprint density at radius 2 is 1.68 bits per heavy atom. The third kappa shape index (κ3) is 5.43. The zero-order chi connectivity index (χ0) is 27.0. The molecule has 0 radical (unpaired) electrons. The van der Waals surface area contributed by atoms with Crippen molar-refractivity contribution in [3.8, 4) is 17.0 Å². The number of amides is 1. The van der Waals surface area contributed by atoms with Crippen molar-refractivity contribution in [3.05, 3.63) is 81.6 Å². The molecule has 1 aliphatic heterocycles. The number of piperazine rings is 1. The zero-order valence-electron chi connectivity index (χ0n) is 20.2. The molecular weight excluding hydrogens is 542 g/mol. The van der Waals surface area contributed by atoms with Crippen LogP contribution in [-0.4, -0.2) is 63.6 Å². The van der Waals surface area contributed by atoms with Crippen molar-refractivity contribution in [1.29, 1.82) is 0 Å². The number of methoxy groups -OCH3 is 1. The third-order valence-corrected chi connectivity index (χ3v) is 7.11. The lowest BCUT2D eigenvalue weighted by Crippen LogP contribution is -2.48. The van der Waals surface area contributed by atoms with Crippen molar-refractivity contribution in [2.24, 2.45) is 0 Å². The first-order chi connectivity index (χ1) is 18.1. The first kappa shape index (κ1) is 26.3. The number of alkyl halides is 3. The normalized spacial score (nSPS) is 14.7. The van der Waals surface area contributed by atoms with Crippen molar-refractivity contribution in [2.75, 3.05) is 33.3 Å². The molecular formula is C26H22Cl2F3N5O2. The number of rotatable bonds is 5. The van der Waals surface area contributed by atoms with Crippen LogP contribution in [0.3, 0.4) is 0 Å². The second-order valence-electron chi connectivity index (χ2n) is 8.87. The highest BCUT2D eigenvalue weighted by molar-refractivity contribution is 6.42. The van der Waals surface area contributed by atoms with Gasteiger partial charge in [-0.3, -0.25) is 9.69 Å². The number of halogens is 5. The fraction of sp³-hybridized carbons (Fsp3) is 0.269. The van der Waals surface area contributed by atoms with Crippen molar-refractivity contribution < 1.29 is 22.7 Å². The van der Waals surface area contributed by atoms with E-state index >= 15 is 0 Å². The van der Waals surface area contributed by atoms with Gasteiger partial charge in [0.2, 0.25) is 0 Å². The number of carbonyl (C=O) groups is 1. The largest absolute Gasteiger partial charge is 0.497 e. The zero-order valence-corrected chi connectivity index (χ0v) is 21.7. The molecule has 1 saturated heterocycles. The molecule has 0 atom stereocenters. The molecule has 198 valence electrons. The van der Waals surface area contributed by atoms with Gasteiger partial charge in [0.15, 0.2) is 17.0 Å². The molecule has 12 heteroatoms. The first-order valence-electron chi connectivity index (χ1n) is 11.7. The van der Waals surface area contributed by atoms with Crippen molar-refractivity contribution in [1.82, 2.24) is 24.4 Å². The van der Waals surface area contributed by atoms with Gasteiger partial charge in [-0.05, 0) is 48.0 Å². The predicted molar refractivity (Wildman–Crippen MR) is 138 cm³/mol. The van der Waals surface area contributed by atoms with E-state index in [-0.39, 0.29) is 17.0 Å². The van der Waals surface area contributed by atoms with Gasteiger partial charge >= 0.3 is 6.18 Å². The molecule has 0 aliphatic carbocycles. The van der Waals surface area contributed by atoms with Crippen molar-refractivity contribution >= 4 is 34.8 Å². The number of benzene rings is 2. The summed E-state index contributed by atoms with van der Waals surface area (Å²) in [5.74, 6) is 0.129. The van der Waals surface area contributed by atoms with Crippen LogP contribution in [0.15, 0.2) is 54.6 Å². The lowest BCUT2D eigenvalue weighted by atomic mass is 10.1. The van der Waals surface area contributed by atoms with Crippen LogP contribution in [0.5, 0.6) is 5.75 Å². The molecule has 1 amide bonds. The Hall–Kier alpha value is -3.34. The van der Waals surface area contributed by atoms with E-state index in [0.29, 0.717) is 58.6 Å². The lowest BCUT2D eigenvalue weighted by molar-refractivity contribution is -0.142. The number of ether oxygens (including phenoxy) is 1. The summed E-state index contributed by atoms with van der Waals surface area (Å²) in [6.07, 6.45) is -4.70. The SMILES string of the molecule is COc1ccc(-c2cc(C(F)(F)F)n3nc(C(=O)N4CCN(Cc5ccc(Cl)c(Cl)c5)CC4)cc3n2)cc1. The third-order valence-electron chi connectivity index (χ3n) is 6.37. The van der Waals surface area contributed by atoms with E-state index in [4.69, 9.17) is 27.9 Å². The Bertz CT molecular complexity index is 1480. The minimum absolute atomic E-state index is 0.0627. The number of hydrogen-bond acceptors (Lipinski definition) is 5. The van der Waals surface area contributed by atoms with E-state index in [9.17, 15) is 18.0 Å². The van der Waals surface area contributed by atoms with Crippen LogP contribution in [0.25, 0.3) is 16.9 Å². The van der Waals surface area contributed by atoms with Gasteiger partial charge in [0.25, 0.3) is 5.91 Å². The summed E-state index contributed by atoms with van der Waals surface area (Å²) < 4.78 is 47.6. The van der Waals surface area contributed by atoms with Gasteiger partial charge in [-0.25, -0.2) is 9.50 Å². The van der Waals surface area contributed by atoms with Gasteiger partial charge < -0.3 is 9.64 Å². The summed E-state index contributed by atoms with van der Waals surface area (Å²) in [7, 11) is 1.50. The summed E-state index contributed by atoms with van der Waals surface area (Å²) in [4.78, 5) is 21.3. The van der Waals surface area contributed by atoms with Gasteiger partial charge in [0.1, 0.15) is 5.75 Å². The van der Waals surface area contributed by atoms with Crippen LogP contribution in [0.1, 0.15) is 21.7 Å². The fourth-order valence-electron chi connectivity index (χ4n) is 4.36. The molecule has 0 unspecified atom stereocenters. The molecule has 7 nitrogen and oxygen atoms in total. The van der Waals surface area contributed by atoms with E-state index in [0.717, 1.165) is 11.6 Å². The average Bonchev–Trinajstić information content (AvgIpc) is 3.34. The summed E-state index contributed by atoms with van der Waals surface area (Å²) in [6.45, 7) is 2.63. The number of fused-ring (bicyclic) bond motifs is 1. The number of aromatic nitrogens is 3. The van der Waals surface area contributed by atoms with Crippen LogP contribution < -0.4 is 4.74 Å². The highest BCUT2D eigenvalue weighted by atomic mass is 35.5. The topological polar surface area (TPSA) is 63.0 Å². The lowest BCUT2D eigenvalue weighted by Gasteiger charge is -2.34. The summed E-state index contributed by atoms with van der Waals surface area (Å²) >= 11 is 12.1. The van der Waals surface area contributed by atoms with E-state index in [1.54, 1.807) is 35.2 Å². The Labute approximate surface area is 226 Å². The summed E-state index contributed by atoms with van der Waals surface area (Å²) in [5.41, 5.74) is 0.421. The number of hydrogen-bond donors (Lipinski definition) is 0. The fourth-order valence-corrected chi connectivity index (χ4v) is 4.68. The van der Waals surface area contributed by atoms with Gasteiger partial charge in [0, 0.05) is 44.4 Å². The molecule has 5 rings (SSSR count). The highest BCUT2D eigenvalue weighted by Gasteiger charge is 2.36. The van der Waals surface area contributed by atoms with Crippen LogP contribution in [0.2, 0.25) is 10.0 Å². The van der Waals surface area contributed by atoms with Crippen LogP contribution in [0.4, 0.5) is 13.2 Å². The Balaban J connectivity index is 1.36. The number of carbonyl (C=O) groups excluding carboxylic acids is 1. The number of nitrogens with zero attached hydrogens (tertiary/aromatic N) is 5. The molecule has 0 bridgehead atoms. The summed E-state index contributed by atoms with van der Waals surface area (Å²) in [6, 6.07) is 14.2. The van der Waals surface area contributed by atoms with E-state index in [1.165, 1.54) is 13.2 Å². The van der Waals surface area contributed by atoms with Gasteiger partial charge in [-0.15, -0.1) is 0 Å². The minimum atomic E-state index is -4.70. The Morgan fingerprint density at radius 3 is 2.32 bits per heavy atom. The minimum Gasteiger partial charge on any atom is -0.497 e. The maximum atomic E-state index is 13.9. The molecule has 1 fully saturated rings. The molecule has 38 heavy (non-hydrogen) atoms. The van der Waals surface area contributed by atoms with Gasteiger partial charge in [0.05, 0.1) is 22.8 Å². The standard InChI is InChI=1S/C26H22Cl2F3N5O2/c1-38-18-5-3-17(4-6-18)21-13-23(26(29,30)31)36-24(32-21)14-22(33-36)25(37)35-10-8-34(9-11-35)15-16-2-7-19(27)20(28)12-16/h2-7,12-14H,8-11,15H2,1H3. The highest BCUT2D eigenvalue weighted by Crippen LogP contribution is 2.33. The Kier molecular flexibility index (Phi) is 7.21. The Morgan fingerprint density at radius 1 is 0.974 bits per heavy atom. The molecule has 2 aromatic heterocycles. The molecule has 0 N–H and O–H groups in total. The molecule has 4 aromatic rings. The maximum Gasteiger partial charge on any atom is 0.433 e. The van der Waals surface area contributed by atoms with Crippen LogP contribution in [-0.2, 0) is 12.7 Å². The second kappa shape index (κ2) is 10.4. The van der Waals surface area contributed by atoms with Gasteiger partial charge in [-0.1, -0.05) is 29.3 Å². The molecule has 0 saturated carbocycles. The molecule has 1 aliphatic rings. The van der Waals surface area contributed by atoms with Crippen molar-refractivity contribution in [2.45, 2.75) is 12.7 Å². The first-order valence-corrected chi connectivity index (χ1v) is 12.5. The van der Waals surface area contributed by atoms with Crippen LogP contribution >= 0.6 is 23.2 Å².